The standard InChI is InChI=1S/C11H15N5/c1-8(9-3-5-13-6-4-9)14-11-10(12)7-16(2)15-11/h3-8H,12H2,1-2H3,(H,14,15). The first-order valence-electron chi connectivity index (χ1n) is 5.12. The van der Waals surface area contributed by atoms with E-state index in [0.29, 0.717) is 11.5 Å². The molecule has 2 heterocycles. The minimum Gasteiger partial charge on any atom is -0.394 e. The van der Waals surface area contributed by atoms with E-state index >= 15 is 0 Å². The molecular formula is C11H15N5. The Hall–Kier alpha value is -2.04. The summed E-state index contributed by atoms with van der Waals surface area (Å²) in [6.07, 6.45) is 5.33. The second kappa shape index (κ2) is 4.22. The van der Waals surface area contributed by atoms with E-state index in [1.807, 2.05) is 19.2 Å². The van der Waals surface area contributed by atoms with Gasteiger partial charge in [0.15, 0.2) is 5.82 Å². The summed E-state index contributed by atoms with van der Waals surface area (Å²) < 4.78 is 1.69. The van der Waals surface area contributed by atoms with Gasteiger partial charge in [0.05, 0.1) is 11.7 Å². The molecule has 0 fully saturated rings. The van der Waals surface area contributed by atoms with Gasteiger partial charge >= 0.3 is 0 Å². The second-order valence-corrected chi connectivity index (χ2v) is 3.75. The highest BCUT2D eigenvalue weighted by Gasteiger charge is 2.09. The van der Waals surface area contributed by atoms with Gasteiger partial charge in [0.25, 0.3) is 0 Å². The van der Waals surface area contributed by atoms with Crippen LogP contribution in [-0.4, -0.2) is 14.8 Å². The van der Waals surface area contributed by atoms with Crippen molar-refractivity contribution in [1.82, 2.24) is 14.8 Å². The summed E-state index contributed by atoms with van der Waals surface area (Å²) in [5, 5.41) is 7.50. The Balaban J connectivity index is 2.14. The molecule has 2 rings (SSSR count). The van der Waals surface area contributed by atoms with Gasteiger partial charge in [-0.05, 0) is 24.6 Å². The summed E-state index contributed by atoms with van der Waals surface area (Å²) >= 11 is 0. The number of aromatic nitrogens is 3. The molecule has 2 aromatic heterocycles. The Morgan fingerprint density at radius 1 is 1.38 bits per heavy atom. The zero-order chi connectivity index (χ0) is 11.5. The van der Waals surface area contributed by atoms with E-state index in [2.05, 4.69) is 22.3 Å². The summed E-state index contributed by atoms with van der Waals surface area (Å²) in [4.78, 5) is 3.98. The smallest absolute Gasteiger partial charge is 0.171 e. The first kappa shape index (κ1) is 10.5. The number of nitrogens with two attached hydrogens (primary N) is 1. The molecule has 0 saturated heterocycles. The first-order chi connectivity index (χ1) is 7.66. The molecule has 1 atom stereocenters. The maximum atomic E-state index is 5.81. The molecule has 16 heavy (non-hydrogen) atoms. The van der Waals surface area contributed by atoms with Crippen LogP contribution >= 0.6 is 0 Å². The van der Waals surface area contributed by atoms with Crippen LogP contribution in [0.2, 0.25) is 0 Å². The van der Waals surface area contributed by atoms with Crippen molar-refractivity contribution in [1.29, 1.82) is 0 Å². The van der Waals surface area contributed by atoms with Crippen LogP contribution in [0.5, 0.6) is 0 Å². The lowest BCUT2D eigenvalue weighted by molar-refractivity contribution is 0.760. The van der Waals surface area contributed by atoms with Gasteiger partial charge in [-0.25, -0.2) is 0 Å². The maximum Gasteiger partial charge on any atom is 0.171 e. The highest BCUT2D eigenvalue weighted by atomic mass is 15.3. The number of nitrogen functional groups attached to an aromatic ring is 1. The molecule has 0 aliphatic rings. The van der Waals surface area contributed by atoms with Crippen molar-refractivity contribution in [3.63, 3.8) is 0 Å². The molecule has 0 bridgehead atoms. The van der Waals surface area contributed by atoms with Crippen molar-refractivity contribution in [2.45, 2.75) is 13.0 Å². The van der Waals surface area contributed by atoms with E-state index in [1.165, 1.54) is 0 Å². The van der Waals surface area contributed by atoms with Gasteiger partial charge in [-0.2, -0.15) is 5.10 Å². The molecule has 0 amide bonds. The summed E-state index contributed by atoms with van der Waals surface area (Å²) in [7, 11) is 1.85. The quantitative estimate of drug-likeness (QED) is 0.818. The zero-order valence-corrected chi connectivity index (χ0v) is 9.38. The number of nitrogens with one attached hydrogen (secondary N) is 1. The Morgan fingerprint density at radius 3 is 2.62 bits per heavy atom. The molecule has 84 valence electrons. The Bertz CT molecular complexity index is 462. The fourth-order valence-electron chi connectivity index (χ4n) is 1.56. The van der Waals surface area contributed by atoms with Gasteiger partial charge < -0.3 is 11.1 Å². The number of hydrogen-bond acceptors (Lipinski definition) is 4. The van der Waals surface area contributed by atoms with Crippen LogP contribution in [0.4, 0.5) is 11.5 Å². The van der Waals surface area contributed by atoms with Crippen molar-refractivity contribution in [2.24, 2.45) is 7.05 Å². The highest BCUT2D eigenvalue weighted by molar-refractivity contribution is 5.60. The summed E-state index contributed by atoms with van der Waals surface area (Å²) in [6.45, 7) is 2.06. The SMILES string of the molecule is CC(Nc1nn(C)cc1N)c1ccncc1. The fraction of sp³-hybridized carbons (Fsp3) is 0.273. The minimum atomic E-state index is 0.153. The van der Waals surface area contributed by atoms with Crippen LogP contribution in [0, 0.1) is 0 Å². The number of aryl methyl sites for hydroxylation is 1. The van der Waals surface area contributed by atoms with Gasteiger partial charge in [0.2, 0.25) is 0 Å². The summed E-state index contributed by atoms with van der Waals surface area (Å²) in [5.74, 6) is 0.715. The molecule has 5 heteroatoms. The Kier molecular flexibility index (Phi) is 2.76. The number of nitrogens with zero attached hydrogens (tertiary/aromatic N) is 3. The van der Waals surface area contributed by atoms with E-state index < -0.39 is 0 Å². The maximum absolute atomic E-state index is 5.81. The third kappa shape index (κ3) is 2.13. The molecule has 5 nitrogen and oxygen atoms in total. The van der Waals surface area contributed by atoms with E-state index in [4.69, 9.17) is 5.73 Å². The number of anilines is 2. The van der Waals surface area contributed by atoms with Crippen LogP contribution in [0.1, 0.15) is 18.5 Å². The minimum absolute atomic E-state index is 0.153. The number of hydrogen-bond donors (Lipinski definition) is 2. The topological polar surface area (TPSA) is 68.8 Å². The van der Waals surface area contributed by atoms with Gasteiger partial charge in [-0.1, -0.05) is 0 Å². The molecule has 0 aliphatic carbocycles. The molecule has 0 saturated carbocycles. The van der Waals surface area contributed by atoms with Crippen molar-refractivity contribution in [3.05, 3.63) is 36.3 Å². The second-order valence-electron chi connectivity index (χ2n) is 3.75. The normalized spacial score (nSPS) is 12.4. The predicted molar refractivity (Wildman–Crippen MR) is 63.9 cm³/mol. The van der Waals surface area contributed by atoms with Gasteiger partial charge in [-0.15, -0.1) is 0 Å². The number of pyridine rings is 1. The molecule has 0 aliphatic heterocycles. The van der Waals surface area contributed by atoms with Crippen LogP contribution in [0.15, 0.2) is 30.7 Å². The highest BCUT2D eigenvalue weighted by Crippen LogP contribution is 2.21. The molecule has 3 N–H and O–H groups in total. The average molecular weight is 217 g/mol. The van der Waals surface area contributed by atoms with Crippen LogP contribution in [0.25, 0.3) is 0 Å². The van der Waals surface area contributed by atoms with Gasteiger partial charge in [0, 0.05) is 25.6 Å². The van der Waals surface area contributed by atoms with E-state index in [-0.39, 0.29) is 6.04 Å². The summed E-state index contributed by atoms with van der Waals surface area (Å²) in [5.41, 5.74) is 7.62. The lowest BCUT2D eigenvalue weighted by atomic mass is 10.1. The van der Waals surface area contributed by atoms with Crippen molar-refractivity contribution >= 4 is 11.5 Å². The lowest BCUT2D eigenvalue weighted by Gasteiger charge is -2.13. The van der Waals surface area contributed by atoms with E-state index in [0.717, 1.165) is 5.56 Å². The largest absolute Gasteiger partial charge is 0.394 e. The van der Waals surface area contributed by atoms with Gasteiger partial charge in [0.1, 0.15) is 0 Å². The zero-order valence-electron chi connectivity index (χ0n) is 9.38. The molecule has 0 spiro atoms. The molecule has 0 aromatic carbocycles. The third-order valence-corrected chi connectivity index (χ3v) is 2.42. The first-order valence-corrected chi connectivity index (χ1v) is 5.12. The lowest BCUT2D eigenvalue weighted by Crippen LogP contribution is -2.08. The molecular weight excluding hydrogens is 202 g/mol. The van der Waals surface area contributed by atoms with Gasteiger partial charge in [-0.3, -0.25) is 9.67 Å². The molecule has 2 aromatic rings. The van der Waals surface area contributed by atoms with Crippen molar-refractivity contribution in [3.8, 4) is 0 Å². The fourth-order valence-corrected chi connectivity index (χ4v) is 1.56. The monoisotopic (exact) mass is 217 g/mol. The van der Waals surface area contributed by atoms with Crippen molar-refractivity contribution < 1.29 is 0 Å². The van der Waals surface area contributed by atoms with E-state index in [9.17, 15) is 0 Å². The molecule has 0 radical (unpaired) electrons. The average Bonchev–Trinajstić information content (AvgIpc) is 2.59. The Morgan fingerprint density at radius 2 is 2.06 bits per heavy atom. The predicted octanol–water partition coefficient (Wildman–Crippen LogP) is 1.57. The Labute approximate surface area is 94.3 Å². The van der Waals surface area contributed by atoms with Crippen LogP contribution < -0.4 is 11.1 Å². The third-order valence-electron chi connectivity index (χ3n) is 2.42. The summed E-state index contributed by atoms with van der Waals surface area (Å²) in [6, 6.07) is 4.09. The number of rotatable bonds is 3. The van der Waals surface area contributed by atoms with Crippen molar-refractivity contribution in [2.75, 3.05) is 11.1 Å². The van der Waals surface area contributed by atoms with Crippen LogP contribution in [-0.2, 0) is 7.05 Å². The van der Waals surface area contributed by atoms with Crippen LogP contribution in [0.3, 0.4) is 0 Å². The molecule has 1 unspecified atom stereocenters. The van der Waals surface area contributed by atoms with E-state index in [1.54, 1.807) is 23.3 Å².